The molecule has 0 aliphatic rings. The molecule has 0 aromatic heterocycles. The average molecular weight is 288 g/mol. The Kier molecular flexibility index (Phi) is 4.18. The van der Waals surface area contributed by atoms with E-state index in [0.717, 1.165) is 0 Å². The lowest BCUT2D eigenvalue weighted by Gasteiger charge is -2.12. The summed E-state index contributed by atoms with van der Waals surface area (Å²) in [6.07, 6.45) is 0. The van der Waals surface area contributed by atoms with Gasteiger partial charge in [0.05, 0.1) is 19.8 Å². The highest BCUT2D eigenvalue weighted by Gasteiger charge is 2.15. The van der Waals surface area contributed by atoms with E-state index in [1.807, 2.05) is 0 Å². The van der Waals surface area contributed by atoms with E-state index in [-0.39, 0.29) is 17.0 Å². The van der Waals surface area contributed by atoms with Gasteiger partial charge < -0.3 is 25.6 Å². The third-order valence-electron chi connectivity index (χ3n) is 2.90. The molecular formula is C15H16N2O4. The van der Waals surface area contributed by atoms with Crippen LogP contribution >= 0.6 is 0 Å². The van der Waals surface area contributed by atoms with Gasteiger partial charge in [0.1, 0.15) is 5.75 Å². The molecule has 0 spiro atoms. The van der Waals surface area contributed by atoms with Crippen molar-refractivity contribution in [2.24, 2.45) is 0 Å². The van der Waals surface area contributed by atoms with Crippen LogP contribution in [-0.4, -0.2) is 25.2 Å². The molecule has 0 saturated heterocycles. The number of nitrogens with two attached hydrogens (primary N) is 1. The van der Waals surface area contributed by atoms with Crippen LogP contribution in [0.4, 0.5) is 11.4 Å². The monoisotopic (exact) mass is 288 g/mol. The van der Waals surface area contributed by atoms with E-state index in [4.69, 9.17) is 15.2 Å². The van der Waals surface area contributed by atoms with Gasteiger partial charge in [0.25, 0.3) is 5.91 Å². The fraction of sp³-hybridized carbons (Fsp3) is 0.133. The van der Waals surface area contributed by atoms with Crippen LogP contribution in [-0.2, 0) is 0 Å². The Balaban J connectivity index is 2.31. The molecule has 6 heteroatoms. The van der Waals surface area contributed by atoms with Gasteiger partial charge >= 0.3 is 0 Å². The molecule has 0 atom stereocenters. The fourth-order valence-electron chi connectivity index (χ4n) is 1.87. The van der Waals surface area contributed by atoms with Gasteiger partial charge in [-0.05, 0) is 18.2 Å². The largest absolute Gasteiger partial charge is 0.508 e. The van der Waals surface area contributed by atoms with Gasteiger partial charge in [0.2, 0.25) is 0 Å². The Bertz CT molecular complexity index is 671. The van der Waals surface area contributed by atoms with E-state index in [2.05, 4.69) is 5.32 Å². The maximum Gasteiger partial charge on any atom is 0.257 e. The van der Waals surface area contributed by atoms with Crippen molar-refractivity contribution < 1.29 is 19.4 Å². The predicted octanol–water partition coefficient (Wildman–Crippen LogP) is 2.24. The number of carbonyl (C=O) groups excluding carboxylic acids is 1. The van der Waals surface area contributed by atoms with Crippen molar-refractivity contribution in [1.82, 2.24) is 0 Å². The molecule has 0 fully saturated rings. The van der Waals surface area contributed by atoms with Crippen molar-refractivity contribution >= 4 is 17.3 Å². The van der Waals surface area contributed by atoms with E-state index in [1.54, 1.807) is 12.1 Å². The van der Waals surface area contributed by atoms with E-state index in [9.17, 15) is 9.90 Å². The van der Waals surface area contributed by atoms with E-state index in [0.29, 0.717) is 17.2 Å². The first kappa shape index (κ1) is 14.5. The van der Waals surface area contributed by atoms with E-state index in [1.165, 1.54) is 38.5 Å². The SMILES string of the molecule is COc1cc(N)c(C(=O)Nc2cccc(O)c2)cc1OC. The number of nitrogens with one attached hydrogen (secondary N) is 1. The summed E-state index contributed by atoms with van der Waals surface area (Å²) in [5.74, 6) is 0.517. The Morgan fingerprint density at radius 3 is 2.43 bits per heavy atom. The lowest BCUT2D eigenvalue weighted by atomic mass is 10.1. The Labute approximate surface area is 122 Å². The van der Waals surface area contributed by atoms with Gasteiger partial charge in [-0.25, -0.2) is 0 Å². The number of phenols is 1. The minimum Gasteiger partial charge on any atom is -0.508 e. The molecule has 0 saturated carbocycles. The zero-order valence-electron chi connectivity index (χ0n) is 11.7. The van der Waals surface area contributed by atoms with Crippen molar-refractivity contribution in [1.29, 1.82) is 0 Å². The first-order chi connectivity index (χ1) is 10.0. The average Bonchev–Trinajstić information content (AvgIpc) is 2.46. The minimum absolute atomic E-state index is 0.0630. The van der Waals surface area contributed by atoms with Gasteiger partial charge in [0, 0.05) is 23.5 Å². The summed E-state index contributed by atoms with van der Waals surface area (Å²) >= 11 is 0. The number of benzene rings is 2. The third-order valence-corrected chi connectivity index (χ3v) is 2.90. The zero-order chi connectivity index (χ0) is 15.4. The van der Waals surface area contributed by atoms with Crippen LogP contribution in [0.5, 0.6) is 17.2 Å². The van der Waals surface area contributed by atoms with Crippen molar-refractivity contribution in [2.45, 2.75) is 0 Å². The second kappa shape index (κ2) is 6.04. The van der Waals surface area contributed by atoms with Crippen molar-refractivity contribution in [3.8, 4) is 17.2 Å². The van der Waals surface area contributed by atoms with Crippen LogP contribution in [0.15, 0.2) is 36.4 Å². The number of amides is 1. The molecule has 0 unspecified atom stereocenters. The summed E-state index contributed by atoms with van der Waals surface area (Å²) in [5, 5.41) is 12.0. The molecule has 0 aliphatic heterocycles. The lowest BCUT2D eigenvalue weighted by Crippen LogP contribution is -2.14. The van der Waals surface area contributed by atoms with Gasteiger partial charge in [-0.2, -0.15) is 0 Å². The second-order valence-corrected chi connectivity index (χ2v) is 4.30. The molecule has 6 nitrogen and oxygen atoms in total. The molecule has 1 amide bonds. The molecule has 110 valence electrons. The normalized spacial score (nSPS) is 10.0. The highest BCUT2D eigenvalue weighted by molar-refractivity contribution is 6.08. The summed E-state index contributed by atoms with van der Waals surface area (Å²) < 4.78 is 10.3. The first-order valence-electron chi connectivity index (χ1n) is 6.17. The number of nitrogen functional groups attached to an aromatic ring is 1. The summed E-state index contributed by atoms with van der Waals surface area (Å²) in [4.78, 5) is 12.2. The summed E-state index contributed by atoms with van der Waals surface area (Å²) in [7, 11) is 2.97. The third kappa shape index (κ3) is 3.17. The number of methoxy groups -OCH3 is 2. The Hall–Kier alpha value is -2.89. The highest BCUT2D eigenvalue weighted by Crippen LogP contribution is 2.32. The molecule has 21 heavy (non-hydrogen) atoms. The van der Waals surface area contributed by atoms with Gasteiger partial charge in [-0.15, -0.1) is 0 Å². The summed E-state index contributed by atoms with van der Waals surface area (Å²) in [6.45, 7) is 0. The van der Waals surface area contributed by atoms with E-state index < -0.39 is 5.91 Å². The predicted molar refractivity (Wildman–Crippen MR) is 80.0 cm³/mol. The van der Waals surface area contributed by atoms with Crippen molar-refractivity contribution in [3.63, 3.8) is 0 Å². The van der Waals surface area contributed by atoms with Gasteiger partial charge in [-0.3, -0.25) is 4.79 Å². The molecule has 2 aromatic carbocycles. The number of hydrogen-bond donors (Lipinski definition) is 3. The number of ether oxygens (including phenoxy) is 2. The number of rotatable bonds is 4. The second-order valence-electron chi connectivity index (χ2n) is 4.30. The Morgan fingerprint density at radius 1 is 1.14 bits per heavy atom. The number of aromatic hydroxyl groups is 1. The molecule has 0 radical (unpaired) electrons. The molecular weight excluding hydrogens is 272 g/mol. The molecule has 2 aromatic rings. The molecule has 4 N–H and O–H groups in total. The topological polar surface area (TPSA) is 93.8 Å². The maximum atomic E-state index is 12.2. The van der Waals surface area contributed by atoms with Crippen LogP contribution in [0, 0.1) is 0 Å². The van der Waals surface area contributed by atoms with Crippen LogP contribution in [0.2, 0.25) is 0 Å². The quantitative estimate of drug-likeness (QED) is 0.750. The number of hydrogen-bond acceptors (Lipinski definition) is 5. The fourth-order valence-corrected chi connectivity index (χ4v) is 1.87. The van der Waals surface area contributed by atoms with Crippen molar-refractivity contribution in [2.75, 3.05) is 25.3 Å². The van der Waals surface area contributed by atoms with Crippen LogP contribution < -0.4 is 20.5 Å². The number of anilines is 2. The summed E-state index contributed by atoms with van der Waals surface area (Å²) in [5.41, 5.74) is 6.86. The highest BCUT2D eigenvalue weighted by atomic mass is 16.5. The minimum atomic E-state index is -0.404. The molecule has 0 bridgehead atoms. The van der Waals surface area contributed by atoms with Crippen LogP contribution in [0.3, 0.4) is 0 Å². The Morgan fingerprint density at radius 2 is 1.81 bits per heavy atom. The van der Waals surface area contributed by atoms with Crippen molar-refractivity contribution in [3.05, 3.63) is 42.0 Å². The number of carbonyl (C=O) groups is 1. The van der Waals surface area contributed by atoms with Crippen LogP contribution in [0.1, 0.15) is 10.4 Å². The number of phenolic OH excluding ortho intramolecular Hbond substituents is 1. The summed E-state index contributed by atoms with van der Waals surface area (Å²) in [6, 6.07) is 9.27. The standard InChI is InChI=1S/C15H16N2O4/c1-20-13-7-11(12(16)8-14(13)21-2)15(19)17-9-4-3-5-10(18)6-9/h3-8,18H,16H2,1-2H3,(H,17,19). The smallest absolute Gasteiger partial charge is 0.257 e. The molecule has 0 aliphatic carbocycles. The zero-order valence-corrected chi connectivity index (χ0v) is 11.7. The van der Waals surface area contributed by atoms with Crippen LogP contribution in [0.25, 0.3) is 0 Å². The molecule has 2 rings (SSSR count). The van der Waals surface area contributed by atoms with Gasteiger partial charge in [-0.1, -0.05) is 6.07 Å². The maximum absolute atomic E-state index is 12.2. The first-order valence-corrected chi connectivity index (χ1v) is 6.17. The van der Waals surface area contributed by atoms with E-state index >= 15 is 0 Å². The van der Waals surface area contributed by atoms with Gasteiger partial charge in [0.15, 0.2) is 11.5 Å². The lowest BCUT2D eigenvalue weighted by molar-refractivity contribution is 0.102. The molecule has 0 heterocycles.